The molecule has 0 aliphatic rings. The molecule has 0 radical (unpaired) electrons. The van der Waals surface area contributed by atoms with Gasteiger partial charge in [0.25, 0.3) is 0 Å². The van der Waals surface area contributed by atoms with E-state index in [1.165, 1.54) is 96.3 Å². The highest BCUT2D eigenvalue weighted by molar-refractivity contribution is 7.47. The molecule has 5 atom stereocenters. The van der Waals surface area contributed by atoms with Gasteiger partial charge in [0, 0.05) is 25.7 Å². The summed E-state index contributed by atoms with van der Waals surface area (Å²) in [6, 6.07) is 0. The summed E-state index contributed by atoms with van der Waals surface area (Å²) < 4.78 is 67.4. The summed E-state index contributed by atoms with van der Waals surface area (Å²) >= 11 is 0. The lowest BCUT2D eigenvalue weighted by Crippen LogP contribution is -2.30. The zero-order valence-electron chi connectivity index (χ0n) is 48.4. The SMILES string of the molecule is CCCCCCCCCCCC(=O)OC[C@H](COP(=O)(O)OC[C@@H](O)COP(=O)(O)OC[C@@H](COC(=O)CCCCCCC)OC(=O)CCCCCCCCCCC)OC(=O)CCCCCCCCCCCCC(C)C. The number of ether oxygens (including phenoxy) is 4. The molecule has 0 bridgehead atoms. The van der Waals surface area contributed by atoms with E-state index in [2.05, 4.69) is 34.6 Å². The Labute approximate surface area is 460 Å². The van der Waals surface area contributed by atoms with Gasteiger partial charge in [-0.05, 0) is 31.6 Å². The zero-order valence-corrected chi connectivity index (χ0v) is 50.2. The van der Waals surface area contributed by atoms with Crippen molar-refractivity contribution in [1.82, 2.24) is 0 Å². The van der Waals surface area contributed by atoms with Crippen LogP contribution in [0.2, 0.25) is 0 Å². The van der Waals surface area contributed by atoms with Crippen LogP contribution in [0, 0.1) is 5.92 Å². The van der Waals surface area contributed by atoms with Crippen LogP contribution in [-0.2, 0) is 65.4 Å². The van der Waals surface area contributed by atoms with Crippen molar-refractivity contribution >= 4 is 39.5 Å². The van der Waals surface area contributed by atoms with Gasteiger partial charge < -0.3 is 33.8 Å². The fourth-order valence-electron chi connectivity index (χ4n) is 8.34. The number of hydrogen-bond donors (Lipinski definition) is 3. The smallest absolute Gasteiger partial charge is 0.462 e. The molecule has 0 saturated carbocycles. The maximum absolute atomic E-state index is 12.9. The average Bonchev–Trinajstić information content (AvgIpc) is 3.38. The molecule has 0 aromatic heterocycles. The molecule has 0 fully saturated rings. The summed E-state index contributed by atoms with van der Waals surface area (Å²) in [7, 11) is -9.86. The minimum atomic E-state index is -4.93. The van der Waals surface area contributed by atoms with E-state index in [9.17, 15) is 43.2 Å². The number of rotatable bonds is 57. The lowest BCUT2D eigenvalue weighted by molar-refractivity contribution is -0.161. The standard InChI is InChI=1S/C57H110O17P2/c1-6-9-12-15-17-21-26-31-36-41-55(60)68-47-53(74-57(62)43-38-33-28-24-20-19-23-25-30-34-39-50(4)5)49-72-76(65,66)70-45-51(58)44-69-75(63,64)71-48-52(46-67-54(59)40-35-29-14-11-8-3)73-56(61)42-37-32-27-22-18-16-13-10-7-2/h50-53,58H,6-49H2,1-5H3,(H,63,64)(H,65,66)/t51-,52+,53+/m0/s1. The van der Waals surface area contributed by atoms with Crippen molar-refractivity contribution in [3.8, 4) is 0 Å². The molecule has 0 heterocycles. The van der Waals surface area contributed by atoms with Gasteiger partial charge in [0.05, 0.1) is 26.4 Å². The van der Waals surface area contributed by atoms with Crippen LogP contribution in [0.15, 0.2) is 0 Å². The Morgan fingerprint density at radius 3 is 0.895 bits per heavy atom. The highest BCUT2D eigenvalue weighted by Gasteiger charge is 2.30. The Bertz CT molecular complexity index is 1500. The van der Waals surface area contributed by atoms with E-state index in [1.807, 2.05) is 0 Å². The van der Waals surface area contributed by atoms with Gasteiger partial charge in [0.1, 0.15) is 19.3 Å². The predicted octanol–water partition coefficient (Wildman–Crippen LogP) is 15.1. The first kappa shape index (κ1) is 74.1. The maximum atomic E-state index is 12.9. The third kappa shape index (κ3) is 51.5. The second kappa shape index (κ2) is 51.2. The van der Waals surface area contributed by atoms with Crippen molar-refractivity contribution in [3.05, 3.63) is 0 Å². The molecule has 0 spiro atoms. The first-order valence-electron chi connectivity index (χ1n) is 30.1. The van der Waals surface area contributed by atoms with Crippen LogP contribution in [0.4, 0.5) is 0 Å². The second-order valence-corrected chi connectivity index (χ2v) is 24.1. The van der Waals surface area contributed by atoms with Crippen LogP contribution < -0.4 is 0 Å². The lowest BCUT2D eigenvalue weighted by atomic mass is 10.0. The van der Waals surface area contributed by atoms with Crippen molar-refractivity contribution in [2.45, 2.75) is 297 Å². The molecule has 0 aliphatic carbocycles. The largest absolute Gasteiger partial charge is 0.472 e. The minimum Gasteiger partial charge on any atom is -0.462 e. The molecule has 450 valence electrons. The second-order valence-electron chi connectivity index (χ2n) is 21.2. The van der Waals surface area contributed by atoms with Crippen molar-refractivity contribution in [3.63, 3.8) is 0 Å². The highest BCUT2D eigenvalue weighted by Crippen LogP contribution is 2.45. The number of phosphoric ester groups is 2. The molecule has 2 unspecified atom stereocenters. The highest BCUT2D eigenvalue weighted by atomic mass is 31.2. The van der Waals surface area contributed by atoms with Crippen LogP contribution in [0.5, 0.6) is 0 Å². The van der Waals surface area contributed by atoms with Gasteiger partial charge in [0.2, 0.25) is 0 Å². The number of aliphatic hydroxyl groups excluding tert-OH is 1. The van der Waals surface area contributed by atoms with Crippen LogP contribution >= 0.6 is 15.6 Å². The molecule has 0 rings (SSSR count). The first-order chi connectivity index (χ1) is 36.5. The number of esters is 4. The van der Waals surface area contributed by atoms with Gasteiger partial charge in [-0.1, -0.05) is 227 Å². The number of aliphatic hydroxyl groups is 1. The summed E-state index contributed by atoms with van der Waals surface area (Å²) in [5.74, 6) is -1.40. The van der Waals surface area contributed by atoms with E-state index in [0.29, 0.717) is 25.7 Å². The van der Waals surface area contributed by atoms with Gasteiger partial charge in [-0.15, -0.1) is 0 Å². The number of phosphoric acid groups is 2. The molecule has 0 saturated heterocycles. The van der Waals surface area contributed by atoms with Gasteiger partial charge in [0.15, 0.2) is 12.2 Å². The molecular formula is C57H110O17P2. The van der Waals surface area contributed by atoms with Crippen LogP contribution in [0.1, 0.15) is 279 Å². The van der Waals surface area contributed by atoms with Crippen molar-refractivity contribution < 1.29 is 80.2 Å². The molecule has 0 aliphatic heterocycles. The molecule has 0 amide bonds. The summed E-state index contributed by atoms with van der Waals surface area (Å²) in [5.41, 5.74) is 0. The number of hydrogen-bond acceptors (Lipinski definition) is 15. The minimum absolute atomic E-state index is 0.105. The molecule has 0 aromatic rings. The topological polar surface area (TPSA) is 237 Å². The van der Waals surface area contributed by atoms with E-state index in [0.717, 1.165) is 102 Å². The van der Waals surface area contributed by atoms with Crippen molar-refractivity contribution in [2.24, 2.45) is 5.92 Å². The molecule has 0 aromatic carbocycles. The first-order valence-corrected chi connectivity index (χ1v) is 33.1. The van der Waals surface area contributed by atoms with Crippen molar-refractivity contribution in [2.75, 3.05) is 39.6 Å². The van der Waals surface area contributed by atoms with Gasteiger partial charge in [-0.25, -0.2) is 9.13 Å². The molecular weight excluding hydrogens is 1020 g/mol. The summed E-state index contributed by atoms with van der Waals surface area (Å²) in [6.45, 7) is 7.01. The van der Waals surface area contributed by atoms with Crippen LogP contribution in [-0.4, -0.2) is 96.7 Å². The van der Waals surface area contributed by atoms with Crippen LogP contribution in [0.3, 0.4) is 0 Å². The third-order valence-corrected chi connectivity index (χ3v) is 14.9. The zero-order chi connectivity index (χ0) is 56.4. The summed E-state index contributed by atoms with van der Waals surface area (Å²) in [4.78, 5) is 71.5. The third-order valence-electron chi connectivity index (χ3n) is 13.0. The van der Waals surface area contributed by atoms with Gasteiger partial charge in [-0.3, -0.25) is 37.3 Å². The van der Waals surface area contributed by atoms with Gasteiger partial charge in [-0.2, -0.15) is 0 Å². The molecule has 3 N–H and O–H groups in total. The molecule has 17 nitrogen and oxygen atoms in total. The number of unbranched alkanes of at least 4 members (excludes halogenated alkanes) is 29. The Balaban J connectivity index is 5.17. The lowest BCUT2D eigenvalue weighted by Gasteiger charge is -2.21. The van der Waals surface area contributed by atoms with E-state index in [1.54, 1.807) is 0 Å². The van der Waals surface area contributed by atoms with E-state index in [4.69, 9.17) is 37.0 Å². The number of carbonyl (C=O) groups excluding carboxylic acids is 4. The van der Waals surface area contributed by atoms with Crippen LogP contribution in [0.25, 0.3) is 0 Å². The van der Waals surface area contributed by atoms with Crippen molar-refractivity contribution in [1.29, 1.82) is 0 Å². The van der Waals surface area contributed by atoms with E-state index in [-0.39, 0.29) is 25.7 Å². The fraction of sp³-hybridized carbons (Fsp3) is 0.930. The van der Waals surface area contributed by atoms with E-state index < -0.39 is 97.5 Å². The van der Waals surface area contributed by atoms with E-state index >= 15 is 0 Å². The Hall–Kier alpha value is -1.94. The normalized spacial score (nSPS) is 14.4. The predicted molar refractivity (Wildman–Crippen MR) is 298 cm³/mol. The molecule has 19 heteroatoms. The Kier molecular flexibility index (Phi) is 49.9. The summed E-state index contributed by atoms with van der Waals surface area (Å²) in [6.07, 6.45) is 32.4. The number of carbonyl (C=O) groups is 4. The maximum Gasteiger partial charge on any atom is 0.472 e. The fourth-order valence-corrected chi connectivity index (χ4v) is 9.92. The van der Waals surface area contributed by atoms with Gasteiger partial charge >= 0.3 is 39.5 Å². The Morgan fingerprint density at radius 2 is 0.605 bits per heavy atom. The summed E-state index contributed by atoms with van der Waals surface area (Å²) in [5, 5.41) is 10.5. The monoisotopic (exact) mass is 1130 g/mol. The Morgan fingerprint density at radius 1 is 0.355 bits per heavy atom. The molecule has 76 heavy (non-hydrogen) atoms. The average molecular weight is 1130 g/mol. The quantitative estimate of drug-likeness (QED) is 0.0222.